The van der Waals surface area contributed by atoms with Gasteiger partial charge in [-0.3, -0.25) is 4.79 Å². The lowest BCUT2D eigenvalue weighted by atomic mass is 10.1. The van der Waals surface area contributed by atoms with Crippen LogP contribution in [0.5, 0.6) is 0 Å². The molecule has 140 valence electrons. The van der Waals surface area contributed by atoms with Crippen molar-refractivity contribution in [3.05, 3.63) is 65.7 Å². The summed E-state index contributed by atoms with van der Waals surface area (Å²) in [5.41, 5.74) is 2.16. The molecule has 3 rings (SSSR count). The Kier molecular flexibility index (Phi) is 7.50. The Labute approximate surface area is 156 Å². The van der Waals surface area contributed by atoms with Gasteiger partial charge in [-0.05, 0) is 31.5 Å². The average molecular weight is 375 g/mol. The van der Waals surface area contributed by atoms with Gasteiger partial charge in [0.1, 0.15) is 5.78 Å². The number of ketones is 1. The maximum Gasteiger partial charge on any atom is 0.243 e. The minimum atomic E-state index is -3.29. The standard InChI is InChI=1S/C11H16N2O2S.C9H10O/c1-10-2-4-11(5-3-10)16(14,15)13-8-6-12-7-9-13;1-8(10)7-9-5-3-2-4-6-9/h2-5,12H,6-9H2,1H3;2-6H,7H2,1H3. The van der Waals surface area contributed by atoms with Gasteiger partial charge in [0.05, 0.1) is 4.90 Å². The van der Waals surface area contributed by atoms with Gasteiger partial charge in [0, 0.05) is 32.6 Å². The Hall–Kier alpha value is -2.02. The van der Waals surface area contributed by atoms with E-state index in [4.69, 9.17) is 0 Å². The smallest absolute Gasteiger partial charge is 0.243 e. The number of nitrogens with zero attached hydrogens (tertiary/aromatic N) is 1. The molecule has 0 aromatic heterocycles. The van der Waals surface area contributed by atoms with Crippen molar-refractivity contribution in [2.75, 3.05) is 26.2 Å². The van der Waals surface area contributed by atoms with Gasteiger partial charge in [-0.25, -0.2) is 8.42 Å². The molecule has 6 heteroatoms. The third-order valence-corrected chi connectivity index (χ3v) is 5.94. The van der Waals surface area contributed by atoms with Crippen LogP contribution in [0.15, 0.2) is 59.5 Å². The molecule has 5 nitrogen and oxygen atoms in total. The lowest BCUT2D eigenvalue weighted by molar-refractivity contribution is -0.116. The van der Waals surface area contributed by atoms with E-state index in [9.17, 15) is 13.2 Å². The number of benzene rings is 2. The Morgan fingerprint density at radius 2 is 1.58 bits per heavy atom. The predicted octanol–water partition coefficient (Wildman–Crippen LogP) is 2.41. The van der Waals surface area contributed by atoms with Crippen molar-refractivity contribution in [3.8, 4) is 0 Å². The molecule has 2 aromatic carbocycles. The third-order valence-electron chi connectivity index (χ3n) is 4.03. The van der Waals surface area contributed by atoms with Gasteiger partial charge < -0.3 is 5.32 Å². The quantitative estimate of drug-likeness (QED) is 0.892. The highest BCUT2D eigenvalue weighted by Gasteiger charge is 2.25. The first kappa shape index (κ1) is 20.3. The van der Waals surface area contributed by atoms with Crippen molar-refractivity contribution < 1.29 is 13.2 Å². The second-order valence-electron chi connectivity index (χ2n) is 6.33. The second-order valence-corrected chi connectivity index (χ2v) is 8.27. The average Bonchev–Trinajstić information content (AvgIpc) is 2.64. The van der Waals surface area contributed by atoms with Gasteiger partial charge in [0.15, 0.2) is 0 Å². The summed E-state index contributed by atoms with van der Waals surface area (Å²) in [4.78, 5) is 11.0. The summed E-state index contributed by atoms with van der Waals surface area (Å²) >= 11 is 0. The van der Waals surface area contributed by atoms with Crippen molar-refractivity contribution in [2.24, 2.45) is 0 Å². The molecular formula is C20H26N2O3S. The van der Waals surface area contributed by atoms with Gasteiger partial charge >= 0.3 is 0 Å². The van der Waals surface area contributed by atoms with Crippen LogP contribution in [-0.2, 0) is 21.2 Å². The van der Waals surface area contributed by atoms with Gasteiger partial charge in [-0.1, -0.05) is 48.0 Å². The molecule has 26 heavy (non-hydrogen) atoms. The molecule has 1 aliphatic rings. The summed E-state index contributed by atoms with van der Waals surface area (Å²) in [6, 6.07) is 16.8. The van der Waals surface area contributed by atoms with E-state index in [1.165, 1.54) is 4.31 Å². The molecule has 1 N–H and O–H groups in total. The molecule has 0 saturated carbocycles. The fourth-order valence-electron chi connectivity index (χ4n) is 2.63. The number of sulfonamides is 1. The Morgan fingerprint density at radius 3 is 2.12 bits per heavy atom. The molecular weight excluding hydrogens is 348 g/mol. The van der Waals surface area contributed by atoms with Crippen LogP contribution in [0.1, 0.15) is 18.1 Å². The molecule has 0 unspecified atom stereocenters. The van der Waals surface area contributed by atoms with Crippen LogP contribution in [0.3, 0.4) is 0 Å². The molecule has 0 atom stereocenters. The highest BCUT2D eigenvalue weighted by molar-refractivity contribution is 7.89. The first-order valence-electron chi connectivity index (χ1n) is 8.70. The number of Topliss-reactive ketones (excluding diaryl/α,β-unsaturated/α-hetero) is 1. The summed E-state index contributed by atoms with van der Waals surface area (Å²) in [6.07, 6.45) is 0.556. The third kappa shape index (κ3) is 6.05. The highest BCUT2D eigenvalue weighted by atomic mass is 32.2. The number of carbonyl (C=O) groups excluding carboxylic acids is 1. The number of hydrogen-bond donors (Lipinski definition) is 1. The van der Waals surface area contributed by atoms with Crippen molar-refractivity contribution in [1.82, 2.24) is 9.62 Å². The molecule has 1 saturated heterocycles. The van der Waals surface area contributed by atoms with E-state index in [2.05, 4.69) is 5.32 Å². The minimum Gasteiger partial charge on any atom is -0.314 e. The topological polar surface area (TPSA) is 66.5 Å². The minimum absolute atomic E-state index is 0.214. The Balaban J connectivity index is 0.000000209. The molecule has 1 heterocycles. The monoisotopic (exact) mass is 374 g/mol. The van der Waals surface area contributed by atoms with Crippen molar-refractivity contribution >= 4 is 15.8 Å². The van der Waals surface area contributed by atoms with E-state index in [0.29, 0.717) is 24.4 Å². The highest BCUT2D eigenvalue weighted by Crippen LogP contribution is 2.16. The van der Waals surface area contributed by atoms with Crippen LogP contribution < -0.4 is 5.32 Å². The molecule has 0 spiro atoms. The number of aryl methyl sites for hydroxylation is 1. The van der Waals surface area contributed by atoms with Crippen LogP contribution >= 0.6 is 0 Å². The van der Waals surface area contributed by atoms with E-state index in [1.807, 2.05) is 49.4 Å². The molecule has 0 bridgehead atoms. The van der Waals surface area contributed by atoms with E-state index in [1.54, 1.807) is 19.1 Å². The molecule has 2 aromatic rings. The van der Waals surface area contributed by atoms with E-state index >= 15 is 0 Å². The van der Waals surface area contributed by atoms with Crippen LogP contribution in [-0.4, -0.2) is 44.7 Å². The van der Waals surface area contributed by atoms with Crippen LogP contribution in [0.4, 0.5) is 0 Å². The summed E-state index contributed by atoms with van der Waals surface area (Å²) in [5, 5.41) is 3.14. The number of rotatable bonds is 4. The molecule has 1 fully saturated rings. The summed E-state index contributed by atoms with van der Waals surface area (Å²) in [5.74, 6) is 0.214. The van der Waals surface area contributed by atoms with E-state index < -0.39 is 10.0 Å². The fourth-order valence-corrected chi connectivity index (χ4v) is 4.07. The normalized spacial score (nSPS) is 15.0. The van der Waals surface area contributed by atoms with Gasteiger partial charge in [-0.15, -0.1) is 0 Å². The number of carbonyl (C=O) groups is 1. The largest absolute Gasteiger partial charge is 0.314 e. The number of hydrogen-bond acceptors (Lipinski definition) is 4. The van der Waals surface area contributed by atoms with Gasteiger partial charge in [0.2, 0.25) is 10.0 Å². The molecule has 0 radical (unpaired) electrons. The Morgan fingerprint density at radius 1 is 1.00 bits per heavy atom. The van der Waals surface area contributed by atoms with E-state index in [-0.39, 0.29) is 5.78 Å². The SMILES string of the molecule is CC(=O)Cc1ccccc1.Cc1ccc(S(=O)(=O)N2CCNCC2)cc1. The zero-order valence-corrected chi connectivity index (χ0v) is 16.1. The fraction of sp³-hybridized carbons (Fsp3) is 0.350. The van der Waals surface area contributed by atoms with E-state index in [0.717, 1.165) is 24.2 Å². The number of piperazine rings is 1. The first-order chi connectivity index (χ1) is 12.4. The van der Waals surface area contributed by atoms with Crippen LogP contribution in [0.2, 0.25) is 0 Å². The maximum atomic E-state index is 12.2. The lowest BCUT2D eigenvalue weighted by Crippen LogP contribution is -2.46. The molecule has 1 aliphatic heterocycles. The lowest BCUT2D eigenvalue weighted by Gasteiger charge is -2.26. The molecule has 0 amide bonds. The van der Waals surface area contributed by atoms with Gasteiger partial charge in [0.25, 0.3) is 0 Å². The van der Waals surface area contributed by atoms with Crippen LogP contribution in [0.25, 0.3) is 0 Å². The Bertz CT molecular complexity index is 797. The van der Waals surface area contributed by atoms with Crippen LogP contribution in [0, 0.1) is 6.92 Å². The summed E-state index contributed by atoms with van der Waals surface area (Å²) in [6.45, 7) is 6.11. The first-order valence-corrected chi connectivity index (χ1v) is 10.1. The molecule has 0 aliphatic carbocycles. The maximum absolute atomic E-state index is 12.2. The summed E-state index contributed by atoms with van der Waals surface area (Å²) in [7, 11) is -3.29. The zero-order chi connectivity index (χ0) is 19.0. The van der Waals surface area contributed by atoms with Crippen molar-refractivity contribution in [3.63, 3.8) is 0 Å². The van der Waals surface area contributed by atoms with Crippen molar-refractivity contribution in [2.45, 2.75) is 25.2 Å². The number of nitrogens with one attached hydrogen (secondary N) is 1. The second kappa shape index (κ2) is 9.62. The zero-order valence-electron chi connectivity index (χ0n) is 15.3. The van der Waals surface area contributed by atoms with Gasteiger partial charge in [-0.2, -0.15) is 4.31 Å². The predicted molar refractivity (Wildman–Crippen MR) is 104 cm³/mol. The van der Waals surface area contributed by atoms with Crippen molar-refractivity contribution in [1.29, 1.82) is 0 Å². The summed E-state index contributed by atoms with van der Waals surface area (Å²) < 4.78 is 25.9.